The minimum Gasteiger partial charge on any atom is -0.332 e. The molecule has 1 aromatic carbocycles. The van der Waals surface area contributed by atoms with Crippen LogP contribution >= 0.6 is 23.2 Å². The number of hydrogen-bond acceptors (Lipinski definition) is 2. The average Bonchev–Trinajstić information content (AvgIpc) is 3.19. The number of nitrogens with zero attached hydrogens (tertiary/aromatic N) is 3. The Hall–Kier alpha value is -1.73. The van der Waals surface area contributed by atoms with Crippen LogP contribution in [-0.2, 0) is 7.05 Å². The van der Waals surface area contributed by atoms with Crippen LogP contribution < -0.4 is 0 Å². The molecule has 1 saturated heterocycles. The van der Waals surface area contributed by atoms with Crippen molar-refractivity contribution in [1.29, 1.82) is 0 Å². The minimum absolute atomic E-state index is 0.119. The van der Waals surface area contributed by atoms with E-state index in [1.54, 1.807) is 19.1 Å². The fourth-order valence-electron chi connectivity index (χ4n) is 3.50. The molecule has 0 bridgehead atoms. The van der Waals surface area contributed by atoms with Crippen molar-refractivity contribution in [3.8, 4) is 0 Å². The lowest BCUT2D eigenvalue weighted by molar-refractivity contribution is 0.0640. The van der Waals surface area contributed by atoms with Gasteiger partial charge in [0.05, 0.1) is 11.6 Å². The second-order valence-corrected chi connectivity index (χ2v) is 7.47. The van der Waals surface area contributed by atoms with Crippen LogP contribution in [0.3, 0.4) is 0 Å². The van der Waals surface area contributed by atoms with Crippen LogP contribution in [0.1, 0.15) is 52.6 Å². The molecule has 2 unspecified atom stereocenters. The Balaban J connectivity index is 1.93. The van der Waals surface area contributed by atoms with Crippen LogP contribution in [0.25, 0.3) is 0 Å². The van der Waals surface area contributed by atoms with Gasteiger partial charge in [0.25, 0.3) is 12.3 Å². The van der Waals surface area contributed by atoms with Gasteiger partial charge < -0.3 is 4.90 Å². The van der Waals surface area contributed by atoms with E-state index in [1.807, 2.05) is 0 Å². The standard InChI is InChI=1S/C18H18Cl2F3N3O/c1-9-6-11(19)14(12(20)7-9)15(21)13-4-3-5-26(13)18(27)10-8-25(2)24-16(10)17(22)23/h6-8,13,15,17H,3-5H2,1-2H3. The Morgan fingerprint density at radius 1 is 1.26 bits per heavy atom. The molecule has 0 spiro atoms. The number of aryl methyl sites for hydroxylation is 2. The van der Waals surface area contributed by atoms with Crippen molar-refractivity contribution in [1.82, 2.24) is 14.7 Å². The Morgan fingerprint density at radius 2 is 1.89 bits per heavy atom. The monoisotopic (exact) mass is 419 g/mol. The van der Waals surface area contributed by atoms with Crippen LogP contribution in [-0.4, -0.2) is 33.2 Å². The third kappa shape index (κ3) is 3.80. The molecule has 2 heterocycles. The van der Waals surface area contributed by atoms with E-state index >= 15 is 4.39 Å². The highest BCUT2D eigenvalue weighted by Crippen LogP contribution is 2.40. The normalized spacial score (nSPS) is 18.4. The Bertz CT molecular complexity index is 849. The third-order valence-corrected chi connectivity index (χ3v) is 5.32. The second-order valence-electron chi connectivity index (χ2n) is 6.65. The van der Waals surface area contributed by atoms with E-state index < -0.39 is 30.2 Å². The first-order chi connectivity index (χ1) is 12.7. The molecule has 3 rings (SSSR count). The molecule has 0 saturated carbocycles. The molecule has 1 aliphatic rings. The lowest BCUT2D eigenvalue weighted by Gasteiger charge is -2.28. The summed E-state index contributed by atoms with van der Waals surface area (Å²) in [7, 11) is 1.45. The van der Waals surface area contributed by atoms with E-state index in [4.69, 9.17) is 23.2 Å². The molecule has 0 radical (unpaired) electrons. The highest BCUT2D eigenvalue weighted by molar-refractivity contribution is 6.36. The summed E-state index contributed by atoms with van der Waals surface area (Å²) in [6.45, 7) is 2.05. The molecule has 1 aromatic heterocycles. The summed E-state index contributed by atoms with van der Waals surface area (Å²) < 4.78 is 42.9. The molecular formula is C18H18Cl2F3N3O. The number of halogens is 5. The zero-order valence-corrected chi connectivity index (χ0v) is 16.2. The molecule has 146 valence electrons. The molecule has 0 aliphatic carbocycles. The van der Waals surface area contributed by atoms with Crippen molar-refractivity contribution in [3.63, 3.8) is 0 Å². The van der Waals surface area contributed by atoms with E-state index in [9.17, 15) is 13.6 Å². The van der Waals surface area contributed by atoms with Gasteiger partial charge in [0, 0.05) is 35.4 Å². The highest BCUT2D eigenvalue weighted by atomic mass is 35.5. The van der Waals surface area contributed by atoms with Crippen molar-refractivity contribution < 1.29 is 18.0 Å². The first-order valence-electron chi connectivity index (χ1n) is 8.43. The van der Waals surface area contributed by atoms with Gasteiger partial charge in [-0.1, -0.05) is 23.2 Å². The second kappa shape index (κ2) is 7.72. The van der Waals surface area contributed by atoms with Crippen LogP contribution in [0.15, 0.2) is 18.3 Å². The van der Waals surface area contributed by atoms with Gasteiger partial charge in [0.2, 0.25) is 0 Å². The lowest BCUT2D eigenvalue weighted by Crippen LogP contribution is -2.38. The number of alkyl halides is 3. The largest absolute Gasteiger partial charge is 0.332 e. The first kappa shape index (κ1) is 20.0. The van der Waals surface area contributed by atoms with Gasteiger partial charge >= 0.3 is 0 Å². The van der Waals surface area contributed by atoms with Gasteiger partial charge in [-0.05, 0) is 37.5 Å². The molecule has 1 amide bonds. The number of rotatable bonds is 4. The molecule has 9 heteroatoms. The van der Waals surface area contributed by atoms with E-state index in [2.05, 4.69) is 5.10 Å². The van der Waals surface area contributed by atoms with Crippen molar-refractivity contribution in [2.75, 3.05) is 6.54 Å². The van der Waals surface area contributed by atoms with Crippen LogP contribution in [0.4, 0.5) is 13.2 Å². The SMILES string of the molecule is Cc1cc(Cl)c(C(F)C2CCCN2C(=O)c2cn(C)nc2C(F)F)c(Cl)c1. The van der Waals surface area contributed by atoms with Gasteiger partial charge in [-0.15, -0.1) is 0 Å². The molecule has 1 aliphatic heterocycles. The topological polar surface area (TPSA) is 38.1 Å². The lowest BCUT2D eigenvalue weighted by atomic mass is 9.99. The predicted molar refractivity (Wildman–Crippen MR) is 97.3 cm³/mol. The molecular weight excluding hydrogens is 402 g/mol. The zero-order chi connectivity index (χ0) is 19.9. The van der Waals surface area contributed by atoms with E-state index in [0.717, 1.165) is 10.2 Å². The maximum absolute atomic E-state index is 15.4. The van der Waals surface area contributed by atoms with Gasteiger partial charge in [0.15, 0.2) is 0 Å². The van der Waals surface area contributed by atoms with Gasteiger partial charge in [-0.2, -0.15) is 5.10 Å². The van der Waals surface area contributed by atoms with Crippen molar-refractivity contribution in [2.45, 2.75) is 38.4 Å². The van der Waals surface area contributed by atoms with Gasteiger partial charge in [-0.3, -0.25) is 9.48 Å². The number of carbonyl (C=O) groups excluding carboxylic acids is 1. The smallest absolute Gasteiger partial charge is 0.282 e. The van der Waals surface area contributed by atoms with Gasteiger partial charge in [0.1, 0.15) is 11.9 Å². The molecule has 4 nitrogen and oxygen atoms in total. The molecule has 1 fully saturated rings. The fourth-order valence-corrected chi connectivity index (χ4v) is 4.31. The maximum atomic E-state index is 15.4. The molecule has 2 atom stereocenters. The third-order valence-electron chi connectivity index (χ3n) is 4.69. The summed E-state index contributed by atoms with van der Waals surface area (Å²) in [6, 6.07) is 2.37. The van der Waals surface area contributed by atoms with Crippen LogP contribution in [0.2, 0.25) is 10.0 Å². The summed E-state index contributed by atoms with van der Waals surface area (Å²) >= 11 is 12.4. The molecule has 2 aromatic rings. The number of amides is 1. The van der Waals surface area contributed by atoms with Crippen molar-refractivity contribution in [2.24, 2.45) is 7.05 Å². The van der Waals surface area contributed by atoms with Crippen LogP contribution in [0, 0.1) is 6.92 Å². The summed E-state index contributed by atoms with van der Waals surface area (Å²) in [5.74, 6) is -0.664. The maximum Gasteiger partial charge on any atom is 0.282 e. The van der Waals surface area contributed by atoms with E-state index in [0.29, 0.717) is 12.8 Å². The average molecular weight is 420 g/mol. The van der Waals surface area contributed by atoms with Crippen LogP contribution in [0.5, 0.6) is 0 Å². The van der Waals surface area contributed by atoms with Crippen molar-refractivity contribution in [3.05, 3.63) is 50.8 Å². The Labute approximate surface area is 164 Å². The zero-order valence-electron chi connectivity index (χ0n) is 14.7. The summed E-state index contributed by atoms with van der Waals surface area (Å²) in [5.41, 5.74) is 0.0915. The number of likely N-dealkylation sites (tertiary alicyclic amines) is 1. The number of aromatic nitrogens is 2. The first-order valence-corrected chi connectivity index (χ1v) is 9.18. The van der Waals surface area contributed by atoms with E-state index in [1.165, 1.54) is 18.1 Å². The van der Waals surface area contributed by atoms with E-state index in [-0.39, 0.29) is 27.7 Å². The summed E-state index contributed by atoms with van der Waals surface area (Å²) in [4.78, 5) is 14.1. The van der Waals surface area contributed by atoms with Crippen molar-refractivity contribution >= 4 is 29.1 Å². The Morgan fingerprint density at radius 3 is 2.48 bits per heavy atom. The number of hydrogen-bond donors (Lipinski definition) is 0. The molecule has 27 heavy (non-hydrogen) atoms. The predicted octanol–water partition coefficient (Wildman–Crippen LogP) is 5.29. The minimum atomic E-state index is -2.90. The fraction of sp³-hybridized carbons (Fsp3) is 0.444. The molecule has 0 N–H and O–H groups in total. The highest BCUT2D eigenvalue weighted by Gasteiger charge is 2.39. The Kier molecular flexibility index (Phi) is 5.72. The number of carbonyl (C=O) groups is 1. The number of benzene rings is 1. The summed E-state index contributed by atoms with van der Waals surface area (Å²) in [6.07, 6.45) is -2.34. The summed E-state index contributed by atoms with van der Waals surface area (Å²) in [5, 5.41) is 4.02. The quantitative estimate of drug-likeness (QED) is 0.675. The van der Waals surface area contributed by atoms with Gasteiger partial charge in [-0.25, -0.2) is 13.2 Å².